The number of hydrogen-bond donors (Lipinski definition) is 1. The predicted octanol–water partition coefficient (Wildman–Crippen LogP) is 3.02. The summed E-state index contributed by atoms with van der Waals surface area (Å²) in [6.07, 6.45) is 3.27. The molecule has 0 heterocycles. The lowest BCUT2D eigenvalue weighted by Gasteiger charge is -2.04. The smallest absolute Gasteiger partial charge is 0.336 e. The van der Waals surface area contributed by atoms with E-state index >= 15 is 0 Å². The average Bonchev–Trinajstić information content (AvgIpc) is 2.24. The molecule has 1 aromatic rings. The first-order valence-electron chi connectivity index (χ1n) is 4.67. The maximum Gasteiger partial charge on any atom is 0.336 e. The van der Waals surface area contributed by atoms with Crippen LogP contribution < -0.4 is 0 Å². The van der Waals surface area contributed by atoms with Crippen molar-refractivity contribution in [1.29, 1.82) is 0 Å². The number of benzene rings is 1. The van der Waals surface area contributed by atoms with Gasteiger partial charge >= 0.3 is 5.97 Å². The molecule has 0 aliphatic heterocycles. The Bertz CT molecular complexity index is 474. The lowest BCUT2D eigenvalue weighted by molar-refractivity contribution is 0.0696. The largest absolute Gasteiger partial charge is 0.478 e. The third-order valence-corrected chi connectivity index (χ3v) is 2.07. The highest BCUT2D eigenvalue weighted by atomic mass is 16.4. The quantitative estimate of drug-likeness (QED) is 0.477. The van der Waals surface area contributed by atoms with Gasteiger partial charge in [-0.05, 0) is 23.6 Å². The van der Waals surface area contributed by atoms with Gasteiger partial charge in [-0.1, -0.05) is 35.5 Å². The van der Waals surface area contributed by atoms with Gasteiger partial charge in [-0.3, -0.25) is 0 Å². The Morgan fingerprint density at radius 3 is 3.00 bits per heavy atom. The van der Waals surface area contributed by atoms with Gasteiger partial charge in [0, 0.05) is 11.5 Å². The minimum Gasteiger partial charge on any atom is -0.478 e. The van der Waals surface area contributed by atoms with Crippen LogP contribution in [0.3, 0.4) is 0 Å². The van der Waals surface area contributed by atoms with Crippen molar-refractivity contribution < 1.29 is 9.90 Å². The van der Waals surface area contributed by atoms with E-state index in [1.807, 2.05) is 0 Å². The Hall–Kier alpha value is -2.26. The molecular weight excluding hydrogens is 206 g/mol. The molecule has 0 atom stereocenters. The molecule has 82 valence electrons. The third-order valence-electron chi connectivity index (χ3n) is 2.07. The molecule has 0 fully saturated rings. The number of azide groups is 1. The highest BCUT2D eigenvalue weighted by molar-refractivity contribution is 5.93. The summed E-state index contributed by atoms with van der Waals surface area (Å²) in [6, 6.07) is 5.24. The van der Waals surface area contributed by atoms with Crippen LogP contribution >= 0.6 is 0 Å². The summed E-state index contributed by atoms with van der Waals surface area (Å²) in [7, 11) is 0. The summed E-state index contributed by atoms with van der Waals surface area (Å²) in [5, 5.41) is 12.4. The zero-order chi connectivity index (χ0) is 12.0. The van der Waals surface area contributed by atoms with Crippen LogP contribution in [0.1, 0.15) is 21.5 Å². The second-order valence-electron chi connectivity index (χ2n) is 3.16. The van der Waals surface area contributed by atoms with Crippen molar-refractivity contribution in [2.75, 3.05) is 6.54 Å². The fourth-order valence-corrected chi connectivity index (χ4v) is 1.38. The topological polar surface area (TPSA) is 86.1 Å². The molecule has 0 saturated carbocycles. The molecule has 0 amide bonds. The van der Waals surface area contributed by atoms with Crippen molar-refractivity contribution in [3.05, 3.63) is 51.4 Å². The molecular formula is C11H11N3O2. The first-order valence-corrected chi connectivity index (χ1v) is 4.67. The van der Waals surface area contributed by atoms with Gasteiger partial charge in [0.05, 0.1) is 5.56 Å². The van der Waals surface area contributed by atoms with Crippen molar-refractivity contribution in [1.82, 2.24) is 0 Å². The van der Waals surface area contributed by atoms with Crippen LogP contribution in [0.5, 0.6) is 0 Å². The number of nitrogens with zero attached hydrogens (tertiary/aromatic N) is 3. The number of aryl methyl sites for hydroxylation is 1. The first kappa shape index (κ1) is 11.8. The molecule has 1 N–H and O–H groups in total. The van der Waals surface area contributed by atoms with E-state index in [-0.39, 0.29) is 12.1 Å². The zero-order valence-corrected chi connectivity index (χ0v) is 8.79. The summed E-state index contributed by atoms with van der Waals surface area (Å²) in [4.78, 5) is 13.6. The number of hydrogen-bond acceptors (Lipinski definition) is 2. The summed E-state index contributed by atoms with van der Waals surface area (Å²) < 4.78 is 0. The number of carbonyl (C=O) groups is 1. The van der Waals surface area contributed by atoms with Crippen LogP contribution in [0.4, 0.5) is 0 Å². The highest BCUT2D eigenvalue weighted by Gasteiger charge is 2.10. The number of aromatic carboxylic acids is 1. The number of carboxylic acids is 1. The van der Waals surface area contributed by atoms with E-state index in [9.17, 15) is 4.79 Å². The maximum atomic E-state index is 11.0. The van der Waals surface area contributed by atoms with Crippen LogP contribution in [0, 0.1) is 6.92 Å². The molecule has 0 aromatic heterocycles. The predicted molar refractivity (Wildman–Crippen MR) is 61.2 cm³/mol. The molecule has 0 aliphatic rings. The van der Waals surface area contributed by atoms with Crippen molar-refractivity contribution in [2.45, 2.75) is 6.92 Å². The van der Waals surface area contributed by atoms with Gasteiger partial charge in [0.25, 0.3) is 0 Å². The van der Waals surface area contributed by atoms with E-state index in [4.69, 9.17) is 10.6 Å². The van der Waals surface area contributed by atoms with Gasteiger partial charge in [-0.2, -0.15) is 0 Å². The highest BCUT2D eigenvalue weighted by Crippen LogP contribution is 2.15. The monoisotopic (exact) mass is 217 g/mol. The fraction of sp³-hybridized carbons (Fsp3) is 0.182. The Morgan fingerprint density at radius 2 is 2.38 bits per heavy atom. The molecule has 5 nitrogen and oxygen atoms in total. The van der Waals surface area contributed by atoms with Gasteiger partial charge in [0.15, 0.2) is 0 Å². The molecule has 0 spiro atoms. The molecule has 0 saturated heterocycles. The normalized spacial score (nSPS) is 10.1. The number of rotatable bonds is 4. The van der Waals surface area contributed by atoms with Crippen LogP contribution in [-0.2, 0) is 0 Å². The molecule has 0 bridgehead atoms. The minimum absolute atomic E-state index is 0.212. The van der Waals surface area contributed by atoms with Gasteiger partial charge in [-0.25, -0.2) is 4.79 Å². The van der Waals surface area contributed by atoms with Crippen LogP contribution in [0.2, 0.25) is 0 Å². The third kappa shape index (κ3) is 2.87. The lowest BCUT2D eigenvalue weighted by Crippen LogP contribution is -2.02. The average molecular weight is 217 g/mol. The molecule has 1 rings (SSSR count). The Balaban J connectivity index is 3.04. The molecule has 0 radical (unpaired) electrons. The first-order chi connectivity index (χ1) is 7.66. The Kier molecular flexibility index (Phi) is 4.12. The van der Waals surface area contributed by atoms with E-state index in [2.05, 4.69) is 10.0 Å². The van der Waals surface area contributed by atoms with E-state index in [1.54, 1.807) is 37.3 Å². The van der Waals surface area contributed by atoms with Crippen LogP contribution in [-0.4, -0.2) is 17.6 Å². The SMILES string of the molecule is Cc1cccc(C=CCN=[N+]=[N-])c1C(=O)O. The van der Waals surface area contributed by atoms with Gasteiger partial charge in [0.2, 0.25) is 0 Å². The second-order valence-corrected chi connectivity index (χ2v) is 3.16. The van der Waals surface area contributed by atoms with Crippen molar-refractivity contribution in [2.24, 2.45) is 5.11 Å². The molecule has 5 heteroatoms. The molecule has 0 unspecified atom stereocenters. The van der Waals surface area contributed by atoms with Crippen molar-refractivity contribution >= 4 is 12.0 Å². The van der Waals surface area contributed by atoms with Gasteiger partial charge < -0.3 is 5.11 Å². The lowest BCUT2D eigenvalue weighted by atomic mass is 10.0. The summed E-state index contributed by atoms with van der Waals surface area (Å²) >= 11 is 0. The molecule has 1 aromatic carbocycles. The minimum atomic E-state index is -0.957. The van der Waals surface area contributed by atoms with Gasteiger partial charge in [0.1, 0.15) is 0 Å². The summed E-state index contributed by atoms with van der Waals surface area (Å²) in [5.74, 6) is -0.957. The van der Waals surface area contributed by atoms with E-state index in [1.165, 1.54) is 0 Å². The van der Waals surface area contributed by atoms with Crippen LogP contribution in [0.15, 0.2) is 29.4 Å². The Morgan fingerprint density at radius 1 is 1.62 bits per heavy atom. The maximum absolute atomic E-state index is 11.0. The van der Waals surface area contributed by atoms with E-state index in [0.29, 0.717) is 11.1 Å². The van der Waals surface area contributed by atoms with Crippen molar-refractivity contribution in [3.63, 3.8) is 0 Å². The number of carboxylic acid groups (broad SMARTS) is 1. The second kappa shape index (κ2) is 5.58. The zero-order valence-electron chi connectivity index (χ0n) is 8.79. The molecule has 0 aliphatic carbocycles. The summed E-state index contributed by atoms with van der Waals surface area (Å²) in [6.45, 7) is 1.96. The summed E-state index contributed by atoms with van der Waals surface area (Å²) in [5.41, 5.74) is 9.68. The van der Waals surface area contributed by atoms with Gasteiger partial charge in [-0.15, -0.1) is 0 Å². The fourth-order valence-electron chi connectivity index (χ4n) is 1.38. The standard InChI is InChI=1S/C11H11N3O2/c1-8-4-2-5-9(10(8)11(15)16)6-3-7-13-14-12/h2-6H,7H2,1H3,(H,15,16). The van der Waals surface area contributed by atoms with Crippen molar-refractivity contribution in [3.8, 4) is 0 Å². The Labute approximate surface area is 92.7 Å². The molecule has 16 heavy (non-hydrogen) atoms. The van der Waals surface area contributed by atoms with E-state index < -0.39 is 5.97 Å². The van der Waals surface area contributed by atoms with E-state index in [0.717, 1.165) is 0 Å². The van der Waals surface area contributed by atoms with Crippen LogP contribution in [0.25, 0.3) is 16.5 Å².